The van der Waals surface area contributed by atoms with Crippen molar-refractivity contribution in [3.63, 3.8) is 0 Å². The van der Waals surface area contributed by atoms with E-state index in [-0.39, 0.29) is 12.4 Å². The molecule has 0 unspecified atom stereocenters. The van der Waals surface area contributed by atoms with Gasteiger partial charge in [-0.15, -0.1) is 12.4 Å². The molecule has 0 aromatic heterocycles. The van der Waals surface area contributed by atoms with Crippen LogP contribution < -0.4 is 5.32 Å². The Bertz CT molecular complexity index is 219. The Hall–Kier alpha value is -0.480. The Balaban J connectivity index is 0.00000112. The van der Waals surface area contributed by atoms with Gasteiger partial charge in [-0.05, 0) is 37.6 Å². The van der Waals surface area contributed by atoms with Crippen LogP contribution in [0.3, 0.4) is 0 Å². The van der Waals surface area contributed by atoms with E-state index in [1.807, 2.05) is 0 Å². The van der Waals surface area contributed by atoms with Crippen LogP contribution >= 0.6 is 12.4 Å². The van der Waals surface area contributed by atoms with E-state index in [0.717, 1.165) is 39.0 Å². The van der Waals surface area contributed by atoms with Crippen molar-refractivity contribution in [2.24, 2.45) is 5.41 Å². The maximum absolute atomic E-state index is 10.7. The predicted octanol–water partition coefficient (Wildman–Crippen LogP) is 1.55. The summed E-state index contributed by atoms with van der Waals surface area (Å²) in [6.45, 7) is 3.65. The van der Waals surface area contributed by atoms with Crippen LogP contribution in [0.25, 0.3) is 0 Å². The number of amides is 1. The van der Waals surface area contributed by atoms with E-state index in [1.165, 1.54) is 12.8 Å². The smallest absolute Gasteiger partial charge is 0.407 e. The van der Waals surface area contributed by atoms with Gasteiger partial charge in [-0.3, -0.25) is 0 Å². The van der Waals surface area contributed by atoms with E-state index in [2.05, 4.69) is 5.32 Å². The summed E-state index contributed by atoms with van der Waals surface area (Å²) in [5, 5.41) is 12.3. The van der Waals surface area contributed by atoms with Crippen LogP contribution in [0.1, 0.15) is 25.7 Å². The van der Waals surface area contributed by atoms with Crippen molar-refractivity contribution in [1.82, 2.24) is 10.2 Å². The molecule has 5 heteroatoms. The number of likely N-dealkylation sites (tertiary alicyclic amines) is 1. The highest BCUT2D eigenvalue weighted by Gasteiger charge is 2.36. The van der Waals surface area contributed by atoms with Gasteiger partial charge in [0.05, 0.1) is 0 Å². The largest absolute Gasteiger partial charge is 0.465 e. The van der Waals surface area contributed by atoms with Crippen LogP contribution in [0.2, 0.25) is 0 Å². The van der Waals surface area contributed by atoms with Gasteiger partial charge in [-0.2, -0.15) is 0 Å². The van der Waals surface area contributed by atoms with Gasteiger partial charge in [0.2, 0.25) is 0 Å². The number of hydrogen-bond donors (Lipinski definition) is 2. The van der Waals surface area contributed by atoms with Gasteiger partial charge in [0.1, 0.15) is 0 Å². The third-order valence-electron chi connectivity index (χ3n) is 3.66. The Kier molecular flexibility index (Phi) is 4.22. The Morgan fingerprint density at radius 3 is 2.40 bits per heavy atom. The fraction of sp³-hybridized carbons (Fsp3) is 0.900. The van der Waals surface area contributed by atoms with Crippen LogP contribution in [0.5, 0.6) is 0 Å². The highest BCUT2D eigenvalue weighted by Crippen LogP contribution is 2.37. The fourth-order valence-corrected chi connectivity index (χ4v) is 2.63. The summed E-state index contributed by atoms with van der Waals surface area (Å²) in [5.41, 5.74) is 0.407. The van der Waals surface area contributed by atoms with Crippen molar-refractivity contribution in [1.29, 1.82) is 0 Å². The second kappa shape index (κ2) is 5.03. The first-order chi connectivity index (χ1) is 6.72. The molecule has 15 heavy (non-hydrogen) atoms. The topological polar surface area (TPSA) is 52.6 Å². The average molecular weight is 235 g/mol. The fourth-order valence-electron chi connectivity index (χ4n) is 2.63. The molecular weight excluding hydrogens is 216 g/mol. The molecule has 1 spiro atoms. The molecule has 2 saturated heterocycles. The molecule has 0 radical (unpaired) electrons. The summed E-state index contributed by atoms with van der Waals surface area (Å²) in [5.74, 6) is 0. The molecule has 88 valence electrons. The number of carbonyl (C=O) groups is 1. The molecule has 2 aliphatic rings. The zero-order chi connectivity index (χ0) is 10.0. The first-order valence-electron chi connectivity index (χ1n) is 5.41. The third-order valence-corrected chi connectivity index (χ3v) is 3.66. The molecule has 1 amide bonds. The molecule has 0 aromatic carbocycles. The Morgan fingerprint density at radius 1 is 1.27 bits per heavy atom. The Morgan fingerprint density at radius 2 is 1.93 bits per heavy atom. The molecule has 0 saturated carbocycles. The minimum absolute atomic E-state index is 0. The van der Waals surface area contributed by atoms with Crippen molar-refractivity contribution < 1.29 is 9.90 Å². The lowest BCUT2D eigenvalue weighted by atomic mass is 9.73. The second-order valence-electron chi connectivity index (χ2n) is 4.55. The molecule has 2 rings (SSSR count). The van der Waals surface area contributed by atoms with Gasteiger partial charge in [0.25, 0.3) is 0 Å². The minimum Gasteiger partial charge on any atom is -0.465 e. The van der Waals surface area contributed by atoms with Gasteiger partial charge in [0.15, 0.2) is 0 Å². The van der Waals surface area contributed by atoms with E-state index in [1.54, 1.807) is 4.90 Å². The SMILES string of the molecule is Cl.O=C(O)N1CCC2(CCCNC2)CC1. The number of nitrogens with zero attached hydrogens (tertiary/aromatic N) is 1. The molecule has 4 nitrogen and oxygen atoms in total. The maximum atomic E-state index is 10.7. The number of nitrogens with one attached hydrogen (secondary N) is 1. The van der Waals surface area contributed by atoms with Gasteiger partial charge < -0.3 is 15.3 Å². The minimum atomic E-state index is -0.761. The molecule has 2 heterocycles. The summed E-state index contributed by atoms with van der Waals surface area (Å²) >= 11 is 0. The maximum Gasteiger partial charge on any atom is 0.407 e. The normalized spacial score (nSPS) is 24.7. The zero-order valence-corrected chi connectivity index (χ0v) is 9.68. The molecular formula is C10H19ClN2O2. The molecule has 0 aliphatic carbocycles. The monoisotopic (exact) mass is 234 g/mol. The van der Waals surface area contributed by atoms with E-state index < -0.39 is 6.09 Å². The molecule has 2 fully saturated rings. The Labute approximate surface area is 96.4 Å². The lowest BCUT2D eigenvalue weighted by Crippen LogP contribution is -2.49. The van der Waals surface area contributed by atoms with Gasteiger partial charge in [-0.25, -0.2) is 4.79 Å². The number of carboxylic acid groups (broad SMARTS) is 1. The second-order valence-corrected chi connectivity index (χ2v) is 4.55. The van der Waals surface area contributed by atoms with Gasteiger partial charge >= 0.3 is 6.09 Å². The van der Waals surface area contributed by atoms with Crippen LogP contribution in [-0.2, 0) is 0 Å². The summed E-state index contributed by atoms with van der Waals surface area (Å²) < 4.78 is 0. The first-order valence-corrected chi connectivity index (χ1v) is 5.41. The molecule has 2 aliphatic heterocycles. The van der Waals surface area contributed by atoms with Crippen LogP contribution in [-0.4, -0.2) is 42.3 Å². The van der Waals surface area contributed by atoms with Crippen LogP contribution in [0.15, 0.2) is 0 Å². The molecule has 0 bridgehead atoms. The quantitative estimate of drug-likeness (QED) is 0.669. The van der Waals surface area contributed by atoms with Gasteiger partial charge in [0, 0.05) is 19.6 Å². The number of piperidine rings is 2. The zero-order valence-electron chi connectivity index (χ0n) is 8.87. The number of halogens is 1. The van der Waals surface area contributed by atoms with E-state index >= 15 is 0 Å². The summed E-state index contributed by atoms with van der Waals surface area (Å²) in [6, 6.07) is 0. The predicted molar refractivity (Wildman–Crippen MR) is 60.6 cm³/mol. The summed E-state index contributed by atoms with van der Waals surface area (Å²) in [4.78, 5) is 12.3. The highest BCUT2D eigenvalue weighted by atomic mass is 35.5. The van der Waals surface area contributed by atoms with Crippen molar-refractivity contribution in [2.75, 3.05) is 26.2 Å². The average Bonchev–Trinajstić information content (AvgIpc) is 2.19. The van der Waals surface area contributed by atoms with E-state index in [9.17, 15) is 4.79 Å². The van der Waals surface area contributed by atoms with Crippen LogP contribution in [0, 0.1) is 5.41 Å². The first kappa shape index (κ1) is 12.6. The lowest BCUT2D eigenvalue weighted by Gasteiger charge is -2.43. The third kappa shape index (κ3) is 2.75. The van der Waals surface area contributed by atoms with Crippen molar-refractivity contribution in [3.8, 4) is 0 Å². The summed E-state index contributed by atoms with van der Waals surface area (Å²) in [7, 11) is 0. The molecule has 0 atom stereocenters. The molecule has 0 aromatic rings. The van der Waals surface area contributed by atoms with Crippen molar-refractivity contribution in [3.05, 3.63) is 0 Å². The standard InChI is InChI=1S/C10H18N2O2.ClH/c13-9(14)12-6-3-10(4-7-12)2-1-5-11-8-10;/h11H,1-8H2,(H,13,14);1H. The molecule has 2 N–H and O–H groups in total. The number of rotatable bonds is 0. The number of hydrogen-bond acceptors (Lipinski definition) is 2. The van der Waals surface area contributed by atoms with E-state index in [4.69, 9.17) is 5.11 Å². The summed E-state index contributed by atoms with van der Waals surface area (Å²) in [6.07, 6.45) is 3.82. The lowest BCUT2D eigenvalue weighted by molar-refractivity contribution is 0.0730. The highest BCUT2D eigenvalue weighted by molar-refractivity contribution is 5.85. The van der Waals surface area contributed by atoms with Crippen molar-refractivity contribution in [2.45, 2.75) is 25.7 Å². The van der Waals surface area contributed by atoms with E-state index in [0.29, 0.717) is 5.41 Å². The van der Waals surface area contributed by atoms with Crippen molar-refractivity contribution >= 4 is 18.5 Å². The van der Waals surface area contributed by atoms with Crippen LogP contribution in [0.4, 0.5) is 4.79 Å². The van der Waals surface area contributed by atoms with Gasteiger partial charge in [-0.1, -0.05) is 0 Å².